The maximum atomic E-state index is 10.8. The Balaban J connectivity index is 1.92. The Hall–Kier alpha value is -3.14. The van der Waals surface area contributed by atoms with Gasteiger partial charge in [0, 0.05) is 32.8 Å². The quantitative estimate of drug-likeness (QED) is 0.175. The van der Waals surface area contributed by atoms with E-state index >= 15 is 0 Å². The van der Waals surface area contributed by atoms with Gasteiger partial charge in [0.2, 0.25) is 0 Å². The molecule has 0 bridgehead atoms. The van der Waals surface area contributed by atoms with Crippen molar-refractivity contribution in [3.63, 3.8) is 0 Å². The lowest BCUT2D eigenvalue weighted by Crippen LogP contribution is -1.98. The summed E-state index contributed by atoms with van der Waals surface area (Å²) in [5.41, 5.74) is 2.46. The van der Waals surface area contributed by atoms with Crippen LogP contribution in [0.25, 0.3) is 11.6 Å². The van der Waals surface area contributed by atoms with Crippen LogP contribution in [0.1, 0.15) is 16.7 Å². The molecule has 144 valence electrons. The Morgan fingerprint density at radius 1 is 1.17 bits per heavy atom. The average Bonchev–Trinajstić information content (AvgIpc) is 2.72. The molecule has 5 nitrogen and oxygen atoms in total. The number of non-ortho nitro benzene ring substituents is 1. The van der Waals surface area contributed by atoms with E-state index in [-0.39, 0.29) is 12.3 Å². The molecule has 0 N–H and O–H groups in total. The molecule has 0 amide bonds. The van der Waals surface area contributed by atoms with Crippen molar-refractivity contribution < 1.29 is 9.66 Å². The second kappa shape index (κ2) is 9.37. The normalized spacial score (nSPS) is 11.0. The standard InChI is InChI=1S/C22H14BrClN2O3/c23-19-7-10-22(29-14-16-3-1-2-4-21(16)24)17(12-19)11-18(13-25)15-5-8-20(9-6-15)26(27)28/h1-12H,14H2/b18-11-. The smallest absolute Gasteiger partial charge is 0.269 e. The zero-order chi connectivity index (χ0) is 20.8. The molecule has 3 aromatic carbocycles. The first-order valence-electron chi connectivity index (χ1n) is 8.50. The number of hydrogen-bond acceptors (Lipinski definition) is 4. The van der Waals surface area contributed by atoms with Gasteiger partial charge in [-0.15, -0.1) is 0 Å². The van der Waals surface area contributed by atoms with Crippen molar-refractivity contribution in [3.05, 3.63) is 103 Å². The summed E-state index contributed by atoms with van der Waals surface area (Å²) in [6.45, 7) is 0.279. The van der Waals surface area contributed by atoms with E-state index in [0.29, 0.717) is 27.5 Å². The first kappa shape index (κ1) is 20.6. The molecule has 0 heterocycles. The number of rotatable bonds is 6. The van der Waals surface area contributed by atoms with Crippen molar-refractivity contribution in [2.75, 3.05) is 0 Å². The van der Waals surface area contributed by atoms with Crippen molar-refractivity contribution in [2.45, 2.75) is 6.61 Å². The van der Waals surface area contributed by atoms with Crippen LogP contribution in [0.3, 0.4) is 0 Å². The van der Waals surface area contributed by atoms with E-state index < -0.39 is 4.92 Å². The molecule has 0 fully saturated rings. The third kappa shape index (κ3) is 5.23. The van der Waals surface area contributed by atoms with Gasteiger partial charge >= 0.3 is 0 Å². The molecule has 0 unspecified atom stereocenters. The van der Waals surface area contributed by atoms with Crippen molar-refractivity contribution >= 4 is 44.9 Å². The lowest BCUT2D eigenvalue weighted by Gasteiger charge is -2.11. The van der Waals surface area contributed by atoms with E-state index in [1.165, 1.54) is 12.1 Å². The van der Waals surface area contributed by atoms with Gasteiger partial charge in [-0.05, 0) is 48.0 Å². The molecule has 0 saturated heterocycles. The van der Waals surface area contributed by atoms with Crippen LogP contribution in [0.5, 0.6) is 5.75 Å². The van der Waals surface area contributed by atoms with E-state index in [1.807, 2.05) is 30.3 Å². The van der Waals surface area contributed by atoms with Gasteiger partial charge in [-0.1, -0.05) is 45.7 Å². The van der Waals surface area contributed by atoms with Gasteiger partial charge < -0.3 is 4.74 Å². The number of nitriles is 1. The van der Waals surface area contributed by atoms with Crippen LogP contribution in [0.2, 0.25) is 5.02 Å². The van der Waals surface area contributed by atoms with E-state index in [2.05, 4.69) is 22.0 Å². The number of allylic oxidation sites excluding steroid dienone is 1. The van der Waals surface area contributed by atoms with E-state index in [9.17, 15) is 15.4 Å². The van der Waals surface area contributed by atoms with Gasteiger partial charge in [0.25, 0.3) is 5.69 Å². The van der Waals surface area contributed by atoms with E-state index in [1.54, 1.807) is 30.3 Å². The fourth-order valence-corrected chi connectivity index (χ4v) is 3.20. The molecule has 0 aliphatic carbocycles. The summed E-state index contributed by atoms with van der Waals surface area (Å²) in [5, 5.41) is 21.1. The molecule has 7 heteroatoms. The molecular formula is C22H14BrClN2O3. The number of ether oxygens (including phenoxy) is 1. The molecule has 0 aromatic heterocycles. The molecule has 0 spiro atoms. The fraction of sp³-hybridized carbons (Fsp3) is 0.0455. The van der Waals surface area contributed by atoms with Crippen LogP contribution in [-0.2, 0) is 6.61 Å². The summed E-state index contributed by atoms with van der Waals surface area (Å²) >= 11 is 9.62. The lowest BCUT2D eigenvalue weighted by atomic mass is 10.0. The molecular weight excluding hydrogens is 456 g/mol. The van der Waals surface area contributed by atoms with Crippen molar-refractivity contribution in [1.82, 2.24) is 0 Å². The van der Waals surface area contributed by atoms with Gasteiger partial charge in [-0.2, -0.15) is 5.26 Å². The SMILES string of the molecule is N#C/C(=C/c1cc(Br)ccc1OCc1ccccc1Cl)c1ccc([N+](=O)[O-])cc1. The maximum absolute atomic E-state index is 10.8. The second-order valence-electron chi connectivity index (χ2n) is 6.04. The van der Waals surface area contributed by atoms with Gasteiger partial charge in [0.05, 0.1) is 16.6 Å². The highest BCUT2D eigenvalue weighted by atomic mass is 79.9. The number of hydrogen-bond donors (Lipinski definition) is 0. The predicted molar refractivity (Wildman–Crippen MR) is 117 cm³/mol. The summed E-state index contributed by atoms with van der Waals surface area (Å²) in [4.78, 5) is 10.4. The Morgan fingerprint density at radius 2 is 1.90 bits per heavy atom. The van der Waals surface area contributed by atoms with Gasteiger partial charge in [0.15, 0.2) is 0 Å². The third-order valence-corrected chi connectivity index (χ3v) is 4.98. The van der Waals surface area contributed by atoms with Crippen LogP contribution in [-0.4, -0.2) is 4.92 Å². The molecule has 3 rings (SSSR count). The topological polar surface area (TPSA) is 76.2 Å². The fourth-order valence-electron chi connectivity index (χ4n) is 2.63. The number of nitro benzene ring substituents is 1. The largest absolute Gasteiger partial charge is 0.488 e. The number of halogens is 2. The molecule has 3 aromatic rings. The highest BCUT2D eigenvalue weighted by molar-refractivity contribution is 9.10. The predicted octanol–water partition coefficient (Wildman–Crippen LogP) is 6.65. The van der Waals surface area contributed by atoms with Crippen LogP contribution in [0.15, 0.2) is 71.2 Å². The van der Waals surface area contributed by atoms with Crippen LogP contribution in [0.4, 0.5) is 5.69 Å². The first-order chi connectivity index (χ1) is 14.0. The number of nitro groups is 1. The summed E-state index contributed by atoms with van der Waals surface area (Å²) < 4.78 is 6.77. The Kier molecular flexibility index (Phi) is 6.65. The van der Waals surface area contributed by atoms with Gasteiger partial charge in [0.1, 0.15) is 12.4 Å². The lowest BCUT2D eigenvalue weighted by molar-refractivity contribution is -0.384. The Bertz CT molecular complexity index is 1120. The molecule has 29 heavy (non-hydrogen) atoms. The van der Waals surface area contributed by atoms with Crippen molar-refractivity contribution in [1.29, 1.82) is 5.26 Å². The number of benzene rings is 3. The highest BCUT2D eigenvalue weighted by Gasteiger charge is 2.10. The summed E-state index contributed by atoms with van der Waals surface area (Å²) in [7, 11) is 0. The van der Waals surface area contributed by atoms with E-state index in [4.69, 9.17) is 16.3 Å². The molecule has 0 aliphatic heterocycles. The van der Waals surface area contributed by atoms with Crippen LogP contribution >= 0.6 is 27.5 Å². The maximum Gasteiger partial charge on any atom is 0.269 e. The Morgan fingerprint density at radius 3 is 2.55 bits per heavy atom. The summed E-state index contributed by atoms with van der Waals surface area (Å²) in [6.07, 6.45) is 1.69. The van der Waals surface area contributed by atoms with Gasteiger partial charge in [-0.25, -0.2) is 0 Å². The minimum absolute atomic E-state index is 0.0303. The monoisotopic (exact) mass is 468 g/mol. The number of nitrogens with zero attached hydrogens (tertiary/aromatic N) is 2. The minimum Gasteiger partial charge on any atom is -0.488 e. The third-order valence-electron chi connectivity index (χ3n) is 4.12. The Labute approximate surface area is 181 Å². The van der Waals surface area contributed by atoms with Crippen LogP contribution in [0, 0.1) is 21.4 Å². The van der Waals surface area contributed by atoms with Crippen molar-refractivity contribution in [2.24, 2.45) is 0 Å². The van der Waals surface area contributed by atoms with Crippen molar-refractivity contribution in [3.8, 4) is 11.8 Å². The zero-order valence-electron chi connectivity index (χ0n) is 15.0. The first-order valence-corrected chi connectivity index (χ1v) is 9.67. The molecule has 0 radical (unpaired) electrons. The second-order valence-corrected chi connectivity index (χ2v) is 7.36. The molecule has 0 atom stereocenters. The average molecular weight is 470 g/mol. The zero-order valence-corrected chi connectivity index (χ0v) is 17.4. The van der Waals surface area contributed by atoms with E-state index in [0.717, 1.165) is 10.0 Å². The summed E-state index contributed by atoms with van der Waals surface area (Å²) in [5.74, 6) is 0.586. The van der Waals surface area contributed by atoms with Gasteiger partial charge in [-0.3, -0.25) is 10.1 Å². The molecule has 0 aliphatic rings. The minimum atomic E-state index is -0.478. The summed E-state index contributed by atoms with van der Waals surface area (Å²) in [6, 6.07) is 20.9. The van der Waals surface area contributed by atoms with Crippen LogP contribution < -0.4 is 4.74 Å². The highest BCUT2D eigenvalue weighted by Crippen LogP contribution is 2.29. The molecule has 0 saturated carbocycles.